The maximum atomic E-state index is 12.9. The van der Waals surface area contributed by atoms with Crippen LogP contribution in [0.2, 0.25) is 0 Å². The maximum absolute atomic E-state index is 12.9. The first-order valence-corrected chi connectivity index (χ1v) is 28.2. The topological polar surface area (TPSA) is 105 Å². The zero-order valence-electron chi connectivity index (χ0n) is 44.2. The van der Waals surface area contributed by atoms with Gasteiger partial charge in [0.05, 0.1) is 39.9 Å². The Hall–Kier alpha value is -3.62. The number of quaternary nitrogens is 1. The SMILES string of the molecule is CC/C=C\C/C=C\C/C=C\C/C=C\C/C=C\C/C=C\C/C=C\C/C=C\C/C=C\C/C=C\CCCCCCC(=O)NC(COP(=O)(O)OCC[N+](C)(C)C)C(O)/C=C/CC/C=C/CCCCCCCC. The zero-order chi connectivity index (χ0) is 50.6. The molecule has 0 aromatic rings. The lowest BCUT2D eigenvalue weighted by molar-refractivity contribution is -0.870. The predicted octanol–water partition coefficient (Wildman–Crippen LogP) is 16.1. The Labute approximate surface area is 423 Å². The zero-order valence-corrected chi connectivity index (χ0v) is 45.1. The van der Waals surface area contributed by atoms with E-state index in [-0.39, 0.29) is 19.1 Å². The summed E-state index contributed by atoms with van der Waals surface area (Å²) >= 11 is 0. The highest BCUT2D eigenvalue weighted by molar-refractivity contribution is 7.47. The van der Waals surface area contributed by atoms with E-state index >= 15 is 0 Å². The number of nitrogens with zero attached hydrogens (tertiary/aromatic N) is 1. The standard InChI is InChI=1S/C60H99N2O6P/c1-6-8-10-12-14-16-18-20-21-22-23-24-25-26-27-28-29-30-31-32-33-34-35-36-37-38-39-40-41-42-44-46-48-50-52-54-60(64)61-58(57-68-69(65,66)67-56-55-62(3,4)5)59(63)53-51-49-47-45-43-19-17-15-13-11-9-7-2/h8,10,14,16,20-21,23-24,26-27,29-30,32-33,35-36,38-39,41-43,45,51,53,58-59,63H,6-7,9,11-13,15,17-19,22,25,28,31,34,37,40,44,46-50,52,54-57H2,1-5H3,(H-,61,64,65,66)/p+1/b10-8-,16-14-,21-20-,24-23-,27-26-,30-29-,33-32-,36-35-,39-38-,42-41-,45-43+,53-51+. The fourth-order valence-corrected chi connectivity index (χ4v) is 7.35. The number of phosphoric ester groups is 1. The van der Waals surface area contributed by atoms with Gasteiger partial charge in [0.1, 0.15) is 13.2 Å². The molecule has 0 aromatic heterocycles. The minimum atomic E-state index is -4.37. The summed E-state index contributed by atoms with van der Waals surface area (Å²) in [6.45, 7) is 4.60. The quantitative estimate of drug-likeness (QED) is 0.0243. The molecule has 0 aliphatic rings. The Bertz CT molecular complexity index is 1620. The summed E-state index contributed by atoms with van der Waals surface area (Å²) in [6, 6.07) is -0.887. The number of hydrogen-bond donors (Lipinski definition) is 3. The van der Waals surface area contributed by atoms with Crippen molar-refractivity contribution in [2.75, 3.05) is 40.9 Å². The average molecular weight is 976 g/mol. The molecule has 0 radical (unpaired) electrons. The molecule has 0 aliphatic carbocycles. The molecule has 0 aliphatic heterocycles. The highest BCUT2D eigenvalue weighted by Crippen LogP contribution is 2.43. The van der Waals surface area contributed by atoms with E-state index in [0.717, 1.165) is 116 Å². The fraction of sp³-hybridized carbons (Fsp3) is 0.583. The van der Waals surface area contributed by atoms with Gasteiger partial charge < -0.3 is 19.8 Å². The predicted molar refractivity (Wildman–Crippen MR) is 299 cm³/mol. The van der Waals surface area contributed by atoms with Crippen molar-refractivity contribution in [3.05, 3.63) is 146 Å². The first kappa shape index (κ1) is 65.4. The summed E-state index contributed by atoms with van der Waals surface area (Å²) < 4.78 is 23.6. The lowest BCUT2D eigenvalue weighted by Gasteiger charge is -2.25. The van der Waals surface area contributed by atoms with Crippen molar-refractivity contribution in [3.63, 3.8) is 0 Å². The second-order valence-electron chi connectivity index (χ2n) is 18.5. The molecular formula is C60H100N2O6P+. The number of rotatable bonds is 46. The summed E-state index contributed by atoms with van der Waals surface area (Å²) in [6.07, 6.45) is 76.6. The molecule has 3 unspecified atom stereocenters. The highest BCUT2D eigenvalue weighted by atomic mass is 31.2. The average Bonchev–Trinajstić information content (AvgIpc) is 3.31. The number of phosphoric acid groups is 1. The van der Waals surface area contributed by atoms with Gasteiger partial charge in [-0.25, -0.2) is 4.57 Å². The molecule has 0 bridgehead atoms. The van der Waals surface area contributed by atoms with Crippen LogP contribution in [0.1, 0.15) is 174 Å². The molecule has 0 rings (SSSR count). The van der Waals surface area contributed by atoms with Crippen LogP contribution in [-0.2, 0) is 18.4 Å². The summed E-state index contributed by atoms with van der Waals surface area (Å²) in [7, 11) is 1.51. The lowest BCUT2D eigenvalue weighted by atomic mass is 10.1. The number of carbonyl (C=O) groups excluding carboxylic acids is 1. The third kappa shape index (κ3) is 52.0. The van der Waals surface area contributed by atoms with Gasteiger partial charge in [0.15, 0.2) is 0 Å². The number of carbonyl (C=O) groups is 1. The Morgan fingerprint density at radius 3 is 1.33 bits per heavy atom. The molecule has 0 spiro atoms. The molecule has 3 N–H and O–H groups in total. The monoisotopic (exact) mass is 976 g/mol. The van der Waals surface area contributed by atoms with Crippen molar-refractivity contribution in [1.29, 1.82) is 0 Å². The lowest BCUT2D eigenvalue weighted by Crippen LogP contribution is -2.45. The van der Waals surface area contributed by atoms with Crippen LogP contribution in [0.3, 0.4) is 0 Å². The number of aliphatic hydroxyl groups excluding tert-OH is 1. The van der Waals surface area contributed by atoms with Gasteiger partial charge in [-0.3, -0.25) is 13.8 Å². The van der Waals surface area contributed by atoms with Crippen LogP contribution in [0.25, 0.3) is 0 Å². The van der Waals surface area contributed by atoms with Gasteiger partial charge >= 0.3 is 7.82 Å². The van der Waals surface area contributed by atoms with E-state index in [1.807, 2.05) is 27.2 Å². The van der Waals surface area contributed by atoms with E-state index in [1.165, 1.54) is 38.5 Å². The molecule has 0 saturated carbocycles. The van der Waals surface area contributed by atoms with Gasteiger partial charge in [0.25, 0.3) is 0 Å². The number of nitrogens with one attached hydrogen (secondary N) is 1. The van der Waals surface area contributed by atoms with Gasteiger partial charge in [-0.05, 0) is 109 Å². The molecule has 8 nitrogen and oxygen atoms in total. The van der Waals surface area contributed by atoms with Crippen molar-refractivity contribution >= 4 is 13.7 Å². The highest BCUT2D eigenvalue weighted by Gasteiger charge is 2.27. The Morgan fingerprint density at radius 2 is 0.884 bits per heavy atom. The van der Waals surface area contributed by atoms with Gasteiger partial charge in [-0.2, -0.15) is 0 Å². The molecule has 0 fully saturated rings. The smallest absolute Gasteiger partial charge is 0.387 e. The number of likely N-dealkylation sites (N-methyl/N-ethyl adjacent to an activating group) is 1. The van der Waals surface area contributed by atoms with E-state index in [4.69, 9.17) is 9.05 Å². The number of aliphatic hydroxyl groups is 1. The minimum absolute atomic E-state index is 0.0422. The minimum Gasteiger partial charge on any atom is -0.387 e. The van der Waals surface area contributed by atoms with Crippen molar-refractivity contribution in [2.24, 2.45) is 0 Å². The van der Waals surface area contributed by atoms with Crippen LogP contribution in [0.15, 0.2) is 146 Å². The third-order valence-corrected chi connectivity index (χ3v) is 11.8. The van der Waals surface area contributed by atoms with Gasteiger partial charge in [-0.1, -0.05) is 205 Å². The molecule has 1 amide bonds. The molecule has 0 aromatic carbocycles. The first-order chi connectivity index (χ1) is 33.5. The Morgan fingerprint density at radius 1 is 0.507 bits per heavy atom. The van der Waals surface area contributed by atoms with Crippen LogP contribution in [0, 0.1) is 0 Å². The molecule has 69 heavy (non-hydrogen) atoms. The Balaban J connectivity index is 4.28. The molecule has 390 valence electrons. The number of allylic oxidation sites excluding steroid dienone is 23. The molecule has 3 atom stereocenters. The van der Waals surface area contributed by atoms with Crippen LogP contribution in [0.4, 0.5) is 0 Å². The number of unbranched alkanes of at least 4 members (excludes halogenated alkanes) is 11. The van der Waals surface area contributed by atoms with Crippen LogP contribution in [-0.4, -0.2) is 73.4 Å². The molecule has 0 heterocycles. The Kier molecular flexibility index (Phi) is 46.8. The van der Waals surface area contributed by atoms with Gasteiger partial charge in [0, 0.05) is 6.42 Å². The van der Waals surface area contributed by atoms with Crippen molar-refractivity contribution in [3.8, 4) is 0 Å². The van der Waals surface area contributed by atoms with E-state index in [2.05, 4.69) is 153 Å². The second-order valence-corrected chi connectivity index (χ2v) is 20.0. The normalized spacial score (nSPS) is 15.2. The molecular weight excluding hydrogens is 876 g/mol. The van der Waals surface area contributed by atoms with E-state index in [9.17, 15) is 19.4 Å². The van der Waals surface area contributed by atoms with Crippen LogP contribution < -0.4 is 5.32 Å². The number of hydrogen-bond acceptors (Lipinski definition) is 5. The summed E-state index contributed by atoms with van der Waals surface area (Å²) in [5.74, 6) is -0.220. The van der Waals surface area contributed by atoms with Crippen LogP contribution in [0.5, 0.6) is 0 Å². The maximum Gasteiger partial charge on any atom is 0.472 e. The third-order valence-electron chi connectivity index (χ3n) is 10.8. The number of amides is 1. The van der Waals surface area contributed by atoms with Crippen molar-refractivity contribution < 1.29 is 32.9 Å². The first-order valence-electron chi connectivity index (χ1n) is 26.7. The van der Waals surface area contributed by atoms with Gasteiger partial charge in [-0.15, -0.1) is 0 Å². The van der Waals surface area contributed by atoms with E-state index in [1.54, 1.807) is 6.08 Å². The fourth-order valence-electron chi connectivity index (χ4n) is 6.61. The largest absolute Gasteiger partial charge is 0.472 e. The van der Waals surface area contributed by atoms with Crippen molar-refractivity contribution in [1.82, 2.24) is 5.32 Å². The summed E-state index contributed by atoms with van der Waals surface area (Å²) in [5, 5.41) is 13.8. The van der Waals surface area contributed by atoms with E-state index in [0.29, 0.717) is 17.4 Å². The van der Waals surface area contributed by atoms with E-state index < -0.39 is 20.0 Å². The summed E-state index contributed by atoms with van der Waals surface area (Å²) in [5.41, 5.74) is 0. The second kappa shape index (κ2) is 49.4. The summed E-state index contributed by atoms with van der Waals surface area (Å²) in [4.78, 5) is 23.2. The van der Waals surface area contributed by atoms with Crippen molar-refractivity contribution in [2.45, 2.75) is 187 Å². The molecule has 9 heteroatoms. The van der Waals surface area contributed by atoms with Crippen LogP contribution >= 0.6 is 7.82 Å². The molecule has 0 saturated heterocycles. The van der Waals surface area contributed by atoms with Gasteiger partial charge in [0.2, 0.25) is 5.91 Å².